The van der Waals surface area contributed by atoms with E-state index >= 15 is 0 Å². The third-order valence-electron chi connectivity index (χ3n) is 3.95. The quantitative estimate of drug-likeness (QED) is 0.801. The first kappa shape index (κ1) is 17.0. The molecule has 0 unspecified atom stereocenters. The lowest BCUT2D eigenvalue weighted by Gasteiger charge is -2.13. The van der Waals surface area contributed by atoms with Crippen molar-refractivity contribution in [1.29, 1.82) is 0 Å². The van der Waals surface area contributed by atoms with Crippen LogP contribution in [-0.2, 0) is 11.2 Å². The molecule has 0 spiro atoms. The van der Waals surface area contributed by atoms with Gasteiger partial charge >= 0.3 is 5.97 Å². The molecule has 132 valence electrons. The molecule has 1 aromatic heterocycles. The third kappa shape index (κ3) is 4.17. The number of hydrogen-bond acceptors (Lipinski definition) is 4. The maximum Gasteiger partial charge on any atom is 0.311 e. The Bertz CT molecular complexity index is 810. The SMILES string of the molecule is Cc1coc(CC(=O)O)c1C(=O)Nc1ccc(F)cc1OCC1CC1. The number of amides is 1. The van der Waals surface area contributed by atoms with E-state index in [0.29, 0.717) is 23.8 Å². The molecule has 0 bridgehead atoms. The highest BCUT2D eigenvalue weighted by molar-refractivity contribution is 6.07. The van der Waals surface area contributed by atoms with Gasteiger partial charge in [-0.25, -0.2) is 4.39 Å². The Kier molecular flexibility index (Phi) is 4.74. The second kappa shape index (κ2) is 6.96. The topological polar surface area (TPSA) is 88.8 Å². The monoisotopic (exact) mass is 347 g/mol. The molecule has 6 nitrogen and oxygen atoms in total. The van der Waals surface area contributed by atoms with Gasteiger partial charge in [0.25, 0.3) is 5.91 Å². The summed E-state index contributed by atoms with van der Waals surface area (Å²) in [5, 5.41) is 11.6. The van der Waals surface area contributed by atoms with Crippen LogP contribution >= 0.6 is 0 Å². The van der Waals surface area contributed by atoms with Gasteiger partial charge in [0, 0.05) is 11.6 Å². The van der Waals surface area contributed by atoms with E-state index in [4.69, 9.17) is 14.3 Å². The van der Waals surface area contributed by atoms with Crippen molar-refractivity contribution in [3.63, 3.8) is 0 Å². The van der Waals surface area contributed by atoms with Gasteiger partial charge in [0.05, 0.1) is 24.1 Å². The number of carbonyl (C=O) groups is 2. The molecule has 1 saturated carbocycles. The number of rotatable bonds is 7. The molecular formula is C18H18FNO5. The highest BCUT2D eigenvalue weighted by Gasteiger charge is 2.24. The lowest BCUT2D eigenvalue weighted by Crippen LogP contribution is -2.16. The fourth-order valence-electron chi connectivity index (χ4n) is 2.47. The second-order valence-electron chi connectivity index (χ2n) is 6.14. The van der Waals surface area contributed by atoms with Gasteiger partial charge in [-0.05, 0) is 37.8 Å². The minimum Gasteiger partial charge on any atom is -0.491 e. The number of aryl methyl sites for hydroxylation is 1. The average molecular weight is 347 g/mol. The number of anilines is 1. The Balaban J connectivity index is 1.81. The number of aliphatic carboxylic acids is 1. The van der Waals surface area contributed by atoms with Crippen LogP contribution in [0.3, 0.4) is 0 Å². The largest absolute Gasteiger partial charge is 0.491 e. The molecule has 25 heavy (non-hydrogen) atoms. The zero-order valence-electron chi connectivity index (χ0n) is 13.7. The van der Waals surface area contributed by atoms with Crippen LogP contribution in [0, 0.1) is 18.7 Å². The molecule has 1 heterocycles. The first-order valence-electron chi connectivity index (χ1n) is 7.96. The summed E-state index contributed by atoms with van der Waals surface area (Å²) in [5.74, 6) is -1.28. The molecule has 1 fully saturated rings. The maximum absolute atomic E-state index is 13.5. The zero-order valence-corrected chi connectivity index (χ0v) is 13.7. The number of furan rings is 1. The molecule has 0 radical (unpaired) electrons. The van der Waals surface area contributed by atoms with E-state index in [9.17, 15) is 14.0 Å². The standard InChI is InChI=1S/C18H18FNO5/c1-10-8-24-15(7-16(21)22)17(10)18(23)20-13-5-4-12(19)6-14(13)25-9-11-2-3-11/h4-6,8,11H,2-3,7,9H2,1H3,(H,20,23)(H,21,22). The van der Waals surface area contributed by atoms with Crippen LogP contribution in [0.5, 0.6) is 5.75 Å². The van der Waals surface area contributed by atoms with Crippen molar-refractivity contribution in [2.24, 2.45) is 5.92 Å². The zero-order chi connectivity index (χ0) is 18.0. The van der Waals surface area contributed by atoms with Crippen molar-refractivity contribution in [2.75, 3.05) is 11.9 Å². The Morgan fingerprint density at radius 1 is 1.40 bits per heavy atom. The van der Waals surface area contributed by atoms with E-state index < -0.39 is 24.1 Å². The minimum atomic E-state index is -1.10. The smallest absolute Gasteiger partial charge is 0.311 e. The molecule has 0 atom stereocenters. The maximum atomic E-state index is 13.5. The summed E-state index contributed by atoms with van der Waals surface area (Å²) in [4.78, 5) is 23.5. The average Bonchev–Trinajstić information content (AvgIpc) is 3.30. The Morgan fingerprint density at radius 2 is 2.16 bits per heavy atom. The summed E-state index contributed by atoms with van der Waals surface area (Å²) >= 11 is 0. The van der Waals surface area contributed by atoms with Crippen molar-refractivity contribution in [3.05, 3.63) is 47.2 Å². The molecule has 2 N–H and O–H groups in total. The number of nitrogens with one attached hydrogen (secondary N) is 1. The van der Waals surface area contributed by atoms with Crippen molar-refractivity contribution in [1.82, 2.24) is 0 Å². The number of carboxylic acid groups (broad SMARTS) is 1. The number of hydrogen-bond donors (Lipinski definition) is 2. The van der Waals surface area contributed by atoms with E-state index in [1.807, 2.05) is 0 Å². The molecule has 3 rings (SSSR count). The van der Waals surface area contributed by atoms with Crippen molar-refractivity contribution < 1.29 is 28.2 Å². The van der Waals surface area contributed by atoms with Gasteiger partial charge in [-0.1, -0.05) is 0 Å². The van der Waals surface area contributed by atoms with E-state index in [0.717, 1.165) is 12.8 Å². The number of carboxylic acids is 1. The van der Waals surface area contributed by atoms with Crippen LogP contribution in [-0.4, -0.2) is 23.6 Å². The summed E-state index contributed by atoms with van der Waals surface area (Å²) in [6.07, 6.45) is 3.11. The molecule has 1 aromatic carbocycles. The summed E-state index contributed by atoms with van der Waals surface area (Å²) in [6, 6.07) is 3.86. The lowest BCUT2D eigenvalue weighted by atomic mass is 10.1. The van der Waals surface area contributed by atoms with Crippen molar-refractivity contribution in [3.8, 4) is 5.75 Å². The minimum absolute atomic E-state index is 0.0741. The Morgan fingerprint density at radius 3 is 2.84 bits per heavy atom. The summed E-state index contributed by atoms with van der Waals surface area (Å²) in [5.41, 5.74) is 1.02. The van der Waals surface area contributed by atoms with Crippen molar-refractivity contribution in [2.45, 2.75) is 26.2 Å². The van der Waals surface area contributed by atoms with Gasteiger partial charge < -0.3 is 19.6 Å². The molecular weight excluding hydrogens is 329 g/mol. The predicted molar refractivity (Wildman–Crippen MR) is 87.4 cm³/mol. The molecule has 1 aliphatic carbocycles. The molecule has 2 aromatic rings. The van der Waals surface area contributed by atoms with Gasteiger partial charge in [-0.15, -0.1) is 0 Å². The molecule has 0 saturated heterocycles. The van der Waals surface area contributed by atoms with Gasteiger partial charge in [-0.3, -0.25) is 9.59 Å². The van der Waals surface area contributed by atoms with Crippen LogP contribution < -0.4 is 10.1 Å². The fraction of sp³-hybridized carbons (Fsp3) is 0.333. The van der Waals surface area contributed by atoms with Crippen LogP contribution in [0.15, 0.2) is 28.9 Å². The summed E-state index contributed by atoms with van der Waals surface area (Å²) < 4.78 is 24.3. The van der Waals surface area contributed by atoms with E-state index in [1.54, 1.807) is 6.92 Å². The van der Waals surface area contributed by atoms with Crippen molar-refractivity contribution >= 4 is 17.6 Å². The first-order valence-corrected chi connectivity index (χ1v) is 7.96. The fourth-order valence-corrected chi connectivity index (χ4v) is 2.47. The van der Waals surface area contributed by atoms with Gasteiger partial charge in [0.15, 0.2) is 0 Å². The van der Waals surface area contributed by atoms with Crippen LogP contribution in [0.25, 0.3) is 0 Å². The van der Waals surface area contributed by atoms with Gasteiger partial charge in [0.1, 0.15) is 23.7 Å². The summed E-state index contributed by atoms with van der Waals surface area (Å²) in [7, 11) is 0. The van der Waals surface area contributed by atoms with Gasteiger partial charge in [0.2, 0.25) is 0 Å². The number of carbonyl (C=O) groups excluding carboxylic acids is 1. The number of halogens is 1. The Labute approximate surface area is 143 Å². The Hall–Kier alpha value is -2.83. The molecule has 1 aliphatic rings. The van der Waals surface area contributed by atoms with Crippen LogP contribution in [0.2, 0.25) is 0 Å². The van der Waals surface area contributed by atoms with Crippen LogP contribution in [0.1, 0.15) is 34.5 Å². The normalized spacial score (nSPS) is 13.5. The third-order valence-corrected chi connectivity index (χ3v) is 3.95. The summed E-state index contributed by atoms with van der Waals surface area (Å²) in [6.45, 7) is 2.13. The molecule has 1 amide bonds. The predicted octanol–water partition coefficient (Wildman–Crippen LogP) is 3.40. The number of benzene rings is 1. The highest BCUT2D eigenvalue weighted by Crippen LogP contribution is 2.32. The lowest BCUT2D eigenvalue weighted by molar-refractivity contribution is -0.136. The van der Waals surface area contributed by atoms with Crippen LogP contribution in [0.4, 0.5) is 10.1 Å². The van der Waals surface area contributed by atoms with Gasteiger partial charge in [-0.2, -0.15) is 0 Å². The molecule has 7 heteroatoms. The number of ether oxygens (including phenoxy) is 1. The van der Waals surface area contributed by atoms with E-state index in [1.165, 1.54) is 24.5 Å². The highest BCUT2D eigenvalue weighted by atomic mass is 19.1. The second-order valence-corrected chi connectivity index (χ2v) is 6.14. The first-order chi connectivity index (χ1) is 11.9. The van der Waals surface area contributed by atoms with E-state index in [-0.39, 0.29) is 17.1 Å². The van der Waals surface area contributed by atoms with E-state index in [2.05, 4.69) is 5.32 Å². The molecule has 0 aliphatic heterocycles.